The van der Waals surface area contributed by atoms with Crippen molar-refractivity contribution in [1.29, 1.82) is 0 Å². The van der Waals surface area contributed by atoms with E-state index in [0.717, 1.165) is 23.2 Å². The fourth-order valence-corrected chi connectivity index (χ4v) is 4.11. The summed E-state index contributed by atoms with van der Waals surface area (Å²) >= 11 is 1.98. The van der Waals surface area contributed by atoms with E-state index in [0.29, 0.717) is 12.3 Å². The van der Waals surface area contributed by atoms with Crippen LogP contribution in [-0.4, -0.2) is 21.4 Å². The number of rotatable bonds is 6. The SMILES string of the molecule is CC(C)(C)CC(N)Cc1nc(CSC2CCCCC2)no1. The van der Waals surface area contributed by atoms with Gasteiger partial charge < -0.3 is 10.3 Å². The highest BCUT2D eigenvalue weighted by Gasteiger charge is 2.19. The highest BCUT2D eigenvalue weighted by atomic mass is 32.2. The van der Waals surface area contributed by atoms with E-state index < -0.39 is 0 Å². The first-order valence-electron chi connectivity index (χ1n) is 8.11. The maximum absolute atomic E-state index is 6.16. The average molecular weight is 311 g/mol. The van der Waals surface area contributed by atoms with E-state index in [9.17, 15) is 0 Å². The van der Waals surface area contributed by atoms with Gasteiger partial charge in [-0.3, -0.25) is 0 Å². The van der Waals surface area contributed by atoms with E-state index in [1.54, 1.807) is 0 Å². The number of nitrogens with zero attached hydrogens (tertiary/aromatic N) is 2. The van der Waals surface area contributed by atoms with E-state index in [2.05, 4.69) is 30.9 Å². The molecule has 2 rings (SSSR count). The second kappa shape index (κ2) is 7.63. The molecule has 21 heavy (non-hydrogen) atoms. The van der Waals surface area contributed by atoms with Gasteiger partial charge in [-0.25, -0.2) is 0 Å². The van der Waals surface area contributed by atoms with E-state index in [-0.39, 0.29) is 11.5 Å². The molecule has 0 spiro atoms. The maximum Gasteiger partial charge on any atom is 0.228 e. The Morgan fingerprint density at radius 1 is 1.29 bits per heavy atom. The van der Waals surface area contributed by atoms with Crippen molar-refractivity contribution in [2.75, 3.05) is 0 Å². The van der Waals surface area contributed by atoms with Gasteiger partial charge in [0.1, 0.15) is 0 Å². The van der Waals surface area contributed by atoms with Crippen molar-refractivity contribution >= 4 is 11.8 Å². The summed E-state index contributed by atoms with van der Waals surface area (Å²) in [4.78, 5) is 4.49. The van der Waals surface area contributed by atoms with E-state index in [1.165, 1.54) is 32.1 Å². The third kappa shape index (κ3) is 6.39. The molecule has 1 atom stereocenters. The zero-order valence-electron chi connectivity index (χ0n) is 13.6. The smallest absolute Gasteiger partial charge is 0.228 e. The summed E-state index contributed by atoms with van der Waals surface area (Å²) in [5, 5.41) is 4.87. The monoisotopic (exact) mass is 311 g/mol. The molecule has 1 saturated carbocycles. The molecule has 4 nitrogen and oxygen atoms in total. The number of hydrogen-bond donors (Lipinski definition) is 1. The van der Waals surface area contributed by atoms with Gasteiger partial charge in [-0.15, -0.1) is 0 Å². The van der Waals surface area contributed by atoms with E-state index in [1.807, 2.05) is 11.8 Å². The average Bonchev–Trinajstić information content (AvgIpc) is 2.83. The van der Waals surface area contributed by atoms with Crippen molar-refractivity contribution in [1.82, 2.24) is 10.1 Å². The lowest BCUT2D eigenvalue weighted by molar-refractivity contribution is 0.312. The number of aromatic nitrogens is 2. The Bertz CT molecular complexity index is 421. The fourth-order valence-electron chi connectivity index (χ4n) is 2.94. The van der Waals surface area contributed by atoms with Gasteiger partial charge in [0.15, 0.2) is 5.82 Å². The van der Waals surface area contributed by atoms with Gasteiger partial charge in [0.2, 0.25) is 5.89 Å². The van der Waals surface area contributed by atoms with Gasteiger partial charge in [0.25, 0.3) is 0 Å². The lowest BCUT2D eigenvalue weighted by atomic mass is 9.87. The van der Waals surface area contributed by atoms with Crippen LogP contribution in [0.2, 0.25) is 0 Å². The topological polar surface area (TPSA) is 64.9 Å². The van der Waals surface area contributed by atoms with E-state index >= 15 is 0 Å². The van der Waals surface area contributed by atoms with Gasteiger partial charge in [0.05, 0.1) is 5.75 Å². The Balaban J connectivity index is 1.75. The molecular formula is C16H29N3OS. The molecule has 2 N–H and O–H groups in total. The van der Waals surface area contributed by atoms with Crippen molar-refractivity contribution in [3.8, 4) is 0 Å². The Labute approximate surface area is 132 Å². The van der Waals surface area contributed by atoms with Crippen LogP contribution in [0.15, 0.2) is 4.52 Å². The second-order valence-electron chi connectivity index (χ2n) is 7.40. The van der Waals surface area contributed by atoms with Crippen LogP contribution in [-0.2, 0) is 12.2 Å². The number of thioether (sulfide) groups is 1. The summed E-state index contributed by atoms with van der Waals surface area (Å²) in [6.07, 6.45) is 8.46. The van der Waals surface area contributed by atoms with Crippen LogP contribution in [0.3, 0.4) is 0 Å². The fraction of sp³-hybridized carbons (Fsp3) is 0.875. The third-order valence-corrected chi connectivity index (χ3v) is 5.19. The molecule has 5 heteroatoms. The van der Waals surface area contributed by atoms with Crippen molar-refractivity contribution in [2.24, 2.45) is 11.1 Å². The van der Waals surface area contributed by atoms with Crippen molar-refractivity contribution < 1.29 is 4.52 Å². The molecule has 1 aliphatic carbocycles. The highest BCUT2D eigenvalue weighted by Crippen LogP contribution is 2.30. The normalized spacial score (nSPS) is 18.9. The molecular weight excluding hydrogens is 282 g/mol. The molecule has 0 aromatic carbocycles. The summed E-state index contributed by atoms with van der Waals surface area (Å²) in [6, 6.07) is 0.0873. The lowest BCUT2D eigenvalue weighted by Crippen LogP contribution is -2.28. The van der Waals surface area contributed by atoms with Gasteiger partial charge in [0, 0.05) is 17.7 Å². The van der Waals surface area contributed by atoms with Crippen LogP contribution in [0.1, 0.15) is 71.0 Å². The predicted molar refractivity (Wildman–Crippen MR) is 88.2 cm³/mol. The zero-order valence-corrected chi connectivity index (χ0v) is 14.4. The molecule has 120 valence electrons. The predicted octanol–water partition coefficient (Wildman–Crippen LogP) is 3.94. The molecule has 0 aliphatic heterocycles. The van der Waals surface area contributed by atoms with Crippen molar-refractivity contribution in [3.63, 3.8) is 0 Å². The molecule has 1 fully saturated rings. The van der Waals surface area contributed by atoms with Gasteiger partial charge in [-0.2, -0.15) is 16.7 Å². The lowest BCUT2D eigenvalue weighted by Gasteiger charge is -2.21. The minimum absolute atomic E-state index is 0.0873. The van der Waals surface area contributed by atoms with Crippen LogP contribution in [0.25, 0.3) is 0 Å². The zero-order chi connectivity index (χ0) is 15.3. The van der Waals surface area contributed by atoms with Crippen LogP contribution >= 0.6 is 11.8 Å². The third-order valence-electron chi connectivity index (χ3n) is 3.82. The molecule has 1 aromatic rings. The Morgan fingerprint density at radius 2 is 2.00 bits per heavy atom. The molecule has 0 saturated heterocycles. The van der Waals surface area contributed by atoms with Crippen LogP contribution in [0.4, 0.5) is 0 Å². The van der Waals surface area contributed by atoms with Crippen LogP contribution < -0.4 is 5.73 Å². The van der Waals surface area contributed by atoms with Crippen LogP contribution in [0.5, 0.6) is 0 Å². The number of hydrogen-bond acceptors (Lipinski definition) is 5. The van der Waals surface area contributed by atoms with Crippen molar-refractivity contribution in [2.45, 2.75) is 82.8 Å². The first-order valence-corrected chi connectivity index (χ1v) is 9.16. The number of nitrogens with two attached hydrogens (primary N) is 1. The summed E-state index contributed by atoms with van der Waals surface area (Å²) in [7, 11) is 0. The largest absolute Gasteiger partial charge is 0.339 e. The summed E-state index contributed by atoms with van der Waals surface area (Å²) in [5.41, 5.74) is 6.39. The highest BCUT2D eigenvalue weighted by molar-refractivity contribution is 7.99. The Morgan fingerprint density at radius 3 is 2.67 bits per heavy atom. The summed E-state index contributed by atoms with van der Waals surface area (Å²) in [5.74, 6) is 2.37. The molecule has 1 unspecified atom stereocenters. The van der Waals surface area contributed by atoms with Crippen molar-refractivity contribution in [3.05, 3.63) is 11.7 Å². The molecule has 1 aliphatic rings. The van der Waals surface area contributed by atoms with Gasteiger partial charge in [-0.05, 0) is 24.7 Å². The standard InChI is InChI=1S/C16H29N3OS/c1-16(2,3)10-12(17)9-15-18-14(19-20-15)11-21-13-7-5-4-6-8-13/h12-13H,4-11,17H2,1-3H3. The Hall–Kier alpha value is -0.550. The Kier molecular flexibility index (Phi) is 6.11. The minimum atomic E-state index is 0.0873. The van der Waals surface area contributed by atoms with Gasteiger partial charge >= 0.3 is 0 Å². The molecule has 0 bridgehead atoms. The quantitative estimate of drug-likeness (QED) is 0.862. The first-order chi connectivity index (χ1) is 9.92. The van der Waals surface area contributed by atoms with Crippen LogP contribution in [0, 0.1) is 5.41 Å². The molecule has 1 aromatic heterocycles. The summed E-state index contributed by atoms with van der Waals surface area (Å²) in [6.45, 7) is 6.60. The summed E-state index contributed by atoms with van der Waals surface area (Å²) < 4.78 is 5.34. The molecule has 1 heterocycles. The molecule has 0 amide bonds. The van der Waals surface area contributed by atoms with Gasteiger partial charge in [-0.1, -0.05) is 45.2 Å². The molecule has 0 radical (unpaired) electrons. The second-order valence-corrected chi connectivity index (χ2v) is 8.69. The maximum atomic E-state index is 6.16. The van der Waals surface area contributed by atoms with E-state index in [4.69, 9.17) is 10.3 Å². The first kappa shape index (κ1) is 16.8. The minimum Gasteiger partial charge on any atom is -0.339 e.